The second-order valence-corrected chi connectivity index (χ2v) is 6.67. The Hall–Kier alpha value is -2.59. The quantitative estimate of drug-likeness (QED) is 0.485. The van der Waals surface area contributed by atoms with E-state index in [-0.39, 0.29) is 0 Å². The van der Waals surface area contributed by atoms with Crippen molar-refractivity contribution >= 4 is 5.57 Å². The lowest BCUT2D eigenvalue weighted by Gasteiger charge is -2.13. The summed E-state index contributed by atoms with van der Waals surface area (Å²) in [6, 6.07) is 10.5. The van der Waals surface area contributed by atoms with Gasteiger partial charge in [0.15, 0.2) is 0 Å². The van der Waals surface area contributed by atoms with Gasteiger partial charge in [-0.25, -0.2) is 0 Å². The van der Waals surface area contributed by atoms with Gasteiger partial charge in [0.05, 0.1) is 0 Å². The van der Waals surface area contributed by atoms with Crippen LogP contribution in [0.3, 0.4) is 0 Å². The number of benzene rings is 1. The minimum atomic E-state index is 0.384. The third-order valence-corrected chi connectivity index (χ3v) is 4.16. The zero-order valence-electron chi connectivity index (χ0n) is 15.8. The lowest BCUT2D eigenvalue weighted by molar-refractivity contribution is 0.852. The standard InChI is InChI=1S/C24H27N/c1-6-7-21-10-12-22(13-11-21)9-8-19(4)16-23(18(2)3)24-17-25-15-14-20(24)5/h10-18H,4,6-7H2,1-3,5H3/b23-16-. The van der Waals surface area contributed by atoms with Crippen LogP contribution in [-0.4, -0.2) is 4.98 Å². The molecule has 1 heteroatoms. The van der Waals surface area contributed by atoms with Gasteiger partial charge in [0, 0.05) is 23.5 Å². The molecular formula is C24H27N. The summed E-state index contributed by atoms with van der Waals surface area (Å²) in [5.41, 5.74) is 6.83. The molecule has 1 heterocycles. The van der Waals surface area contributed by atoms with Gasteiger partial charge in [0.25, 0.3) is 0 Å². The second kappa shape index (κ2) is 9.04. The van der Waals surface area contributed by atoms with Gasteiger partial charge in [-0.3, -0.25) is 4.98 Å². The molecule has 0 N–H and O–H groups in total. The van der Waals surface area contributed by atoms with Gasteiger partial charge >= 0.3 is 0 Å². The maximum Gasteiger partial charge on any atom is 0.0345 e. The summed E-state index contributed by atoms with van der Waals surface area (Å²) in [6.07, 6.45) is 8.12. The van der Waals surface area contributed by atoms with Crippen LogP contribution in [0.15, 0.2) is 61.0 Å². The topological polar surface area (TPSA) is 12.9 Å². The Labute approximate surface area is 152 Å². The maximum absolute atomic E-state index is 4.27. The van der Waals surface area contributed by atoms with Crippen molar-refractivity contribution in [2.75, 3.05) is 0 Å². The molecule has 1 nitrogen and oxygen atoms in total. The van der Waals surface area contributed by atoms with Crippen molar-refractivity contribution in [2.45, 2.75) is 40.5 Å². The van der Waals surface area contributed by atoms with E-state index in [1.807, 2.05) is 18.5 Å². The summed E-state index contributed by atoms with van der Waals surface area (Å²) in [5.74, 6) is 6.78. The molecular weight excluding hydrogens is 302 g/mol. The smallest absolute Gasteiger partial charge is 0.0345 e. The molecule has 0 amide bonds. The molecule has 0 aliphatic heterocycles. The minimum absolute atomic E-state index is 0.384. The van der Waals surface area contributed by atoms with Crippen molar-refractivity contribution in [1.29, 1.82) is 0 Å². The molecule has 0 saturated heterocycles. The molecule has 1 aromatic heterocycles. The fourth-order valence-electron chi connectivity index (χ4n) is 2.74. The Morgan fingerprint density at radius 3 is 2.52 bits per heavy atom. The third-order valence-electron chi connectivity index (χ3n) is 4.16. The highest BCUT2D eigenvalue weighted by atomic mass is 14.6. The molecule has 0 spiro atoms. The highest BCUT2D eigenvalue weighted by molar-refractivity contribution is 5.72. The van der Waals surface area contributed by atoms with Crippen LogP contribution in [0.25, 0.3) is 5.57 Å². The summed E-state index contributed by atoms with van der Waals surface area (Å²) in [5, 5.41) is 0. The largest absolute Gasteiger partial charge is 0.264 e. The fraction of sp³-hybridized carbons (Fsp3) is 0.292. The van der Waals surface area contributed by atoms with Crippen molar-refractivity contribution in [3.63, 3.8) is 0 Å². The van der Waals surface area contributed by atoms with Crippen molar-refractivity contribution in [3.8, 4) is 11.8 Å². The maximum atomic E-state index is 4.27. The number of nitrogens with zero attached hydrogens (tertiary/aromatic N) is 1. The first kappa shape index (κ1) is 18.7. The van der Waals surface area contributed by atoms with Gasteiger partial charge in [0.2, 0.25) is 0 Å². The number of rotatable bonds is 5. The zero-order chi connectivity index (χ0) is 18.2. The molecule has 2 aromatic rings. The summed E-state index contributed by atoms with van der Waals surface area (Å²) in [6.45, 7) is 12.8. The molecule has 0 aliphatic carbocycles. The molecule has 0 aliphatic rings. The van der Waals surface area contributed by atoms with Crippen LogP contribution in [0.5, 0.6) is 0 Å². The van der Waals surface area contributed by atoms with Gasteiger partial charge < -0.3 is 0 Å². The number of hydrogen-bond acceptors (Lipinski definition) is 1. The van der Waals surface area contributed by atoms with Crippen molar-refractivity contribution < 1.29 is 0 Å². The Kier molecular flexibility index (Phi) is 6.78. The molecule has 0 unspecified atom stereocenters. The number of pyridine rings is 1. The Bertz CT molecular complexity index is 811. The number of allylic oxidation sites excluding steroid dienone is 3. The highest BCUT2D eigenvalue weighted by Gasteiger charge is 2.09. The SMILES string of the molecule is C=C(C#Cc1ccc(CCC)cc1)/C=C(\c1cnccc1C)C(C)C. The summed E-state index contributed by atoms with van der Waals surface area (Å²) in [7, 11) is 0. The van der Waals surface area contributed by atoms with Crippen LogP contribution >= 0.6 is 0 Å². The van der Waals surface area contributed by atoms with E-state index in [0.717, 1.165) is 17.6 Å². The summed E-state index contributed by atoms with van der Waals surface area (Å²) in [4.78, 5) is 4.27. The van der Waals surface area contributed by atoms with Gasteiger partial charge in [-0.15, -0.1) is 0 Å². The first-order chi connectivity index (χ1) is 12.0. The first-order valence-electron chi connectivity index (χ1n) is 8.93. The van der Waals surface area contributed by atoms with Crippen LogP contribution < -0.4 is 0 Å². The summed E-state index contributed by atoms with van der Waals surface area (Å²) < 4.78 is 0. The molecule has 0 fully saturated rings. The van der Waals surface area contributed by atoms with E-state index in [0.29, 0.717) is 5.92 Å². The third kappa shape index (κ3) is 5.47. The molecule has 0 bridgehead atoms. The van der Waals surface area contributed by atoms with E-state index < -0.39 is 0 Å². The molecule has 0 saturated carbocycles. The lowest BCUT2D eigenvalue weighted by atomic mass is 9.92. The highest BCUT2D eigenvalue weighted by Crippen LogP contribution is 2.26. The lowest BCUT2D eigenvalue weighted by Crippen LogP contribution is -1.98. The Balaban J connectivity index is 2.22. The molecule has 1 aromatic carbocycles. The van der Waals surface area contributed by atoms with Crippen LogP contribution in [0.2, 0.25) is 0 Å². The predicted octanol–water partition coefficient (Wildman–Crippen LogP) is 5.99. The van der Waals surface area contributed by atoms with Crippen molar-refractivity contribution in [1.82, 2.24) is 4.98 Å². The van der Waals surface area contributed by atoms with E-state index in [1.54, 1.807) is 0 Å². The Morgan fingerprint density at radius 2 is 1.92 bits per heavy atom. The van der Waals surface area contributed by atoms with Gasteiger partial charge in [-0.05, 0) is 65.8 Å². The molecule has 2 rings (SSSR count). The monoisotopic (exact) mass is 329 g/mol. The second-order valence-electron chi connectivity index (χ2n) is 6.67. The predicted molar refractivity (Wildman–Crippen MR) is 108 cm³/mol. The van der Waals surface area contributed by atoms with E-state index in [9.17, 15) is 0 Å². The number of hydrogen-bond donors (Lipinski definition) is 0. The van der Waals surface area contributed by atoms with E-state index >= 15 is 0 Å². The summed E-state index contributed by atoms with van der Waals surface area (Å²) >= 11 is 0. The van der Waals surface area contributed by atoms with Crippen LogP contribution in [0.4, 0.5) is 0 Å². The first-order valence-corrected chi connectivity index (χ1v) is 8.93. The number of aryl methyl sites for hydroxylation is 2. The minimum Gasteiger partial charge on any atom is -0.264 e. The molecule has 25 heavy (non-hydrogen) atoms. The zero-order valence-corrected chi connectivity index (χ0v) is 15.8. The average molecular weight is 329 g/mol. The molecule has 128 valence electrons. The van der Waals surface area contributed by atoms with Crippen LogP contribution in [0, 0.1) is 24.7 Å². The number of aromatic nitrogens is 1. The van der Waals surface area contributed by atoms with Gasteiger partial charge in [-0.2, -0.15) is 0 Å². The van der Waals surface area contributed by atoms with E-state index in [4.69, 9.17) is 0 Å². The molecule has 0 radical (unpaired) electrons. The van der Waals surface area contributed by atoms with E-state index in [2.05, 4.69) is 81.4 Å². The molecule has 0 atom stereocenters. The average Bonchev–Trinajstić information content (AvgIpc) is 2.60. The fourth-order valence-corrected chi connectivity index (χ4v) is 2.74. The van der Waals surface area contributed by atoms with Crippen molar-refractivity contribution in [2.24, 2.45) is 5.92 Å². The normalized spacial score (nSPS) is 11.2. The Morgan fingerprint density at radius 1 is 1.20 bits per heavy atom. The van der Waals surface area contributed by atoms with Gasteiger partial charge in [-0.1, -0.05) is 57.7 Å². The van der Waals surface area contributed by atoms with Gasteiger partial charge in [0.1, 0.15) is 0 Å². The van der Waals surface area contributed by atoms with E-state index in [1.165, 1.54) is 28.7 Å². The van der Waals surface area contributed by atoms with Crippen LogP contribution in [-0.2, 0) is 6.42 Å². The van der Waals surface area contributed by atoms with Crippen molar-refractivity contribution in [3.05, 3.63) is 83.2 Å². The van der Waals surface area contributed by atoms with Crippen LogP contribution in [0.1, 0.15) is 49.4 Å².